The molecule has 0 saturated heterocycles. The topological polar surface area (TPSA) is 50.9 Å². The minimum Gasteiger partial charge on any atom is -0.332 e. The highest BCUT2D eigenvalue weighted by atomic mass is 32.1. The molecule has 1 aromatic heterocycles. The van der Waals surface area contributed by atoms with E-state index in [-0.39, 0.29) is 0 Å². The largest absolute Gasteiger partial charge is 0.332 e. The van der Waals surface area contributed by atoms with Crippen molar-refractivity contribution < 1.29 is 0 Å². The van der Waals surface area contributed by atoms with Crippen LogP contribution in [0.15, 0.2) is 23.6 Å². The number of anilines is 2. The van der Waals surface area contributed by atoms with E-state index in [9.17, 15) is 0 Å². The Kier molecular flexibility index (Phi) is 3.80. The number of benzene rings is 1. The highest BCUT2D eigenvalue weighted by Crippen LogP contribution is 2.27. The van der Waals surface area contributed by atoms with Crippen LogP contribution >= 0.6 is 11.3 Å². The predicted molar refractivity (Wildman–Crippen MR) is 81.2 cm³/mol. The molecule has 1 aliphatic carbocycles. The Balaban J connectivity index is 1.75. The first-order valence-electron chi connectivity index (χ1n) is 6.88. The Morgan fingerprint density at radius 1 is 1.21 bits per heavy atom. The molecule has 0 amide bonds. The molecule has 100 valence electrons. The molecule has 0 radical (unpaired) electrons. The van der Waals surface area contributed by atoms with E-state index in [1.54, 1.807) is 11.3 Å². The maximum atomic E-state index is 5.54. The normalized spacial score (nSPS) is 14.2. The van der Waals surface area contributed by atoms with Gasteiger partial charge in [0.25, 0.3) is 0 Å². The van der Waals surface area contributed by atoms with E-state index >= 15 is 0 Å². The highest BCUT2D eigenvalue weighted by Gasteiger charge is 2.10. The van der Waals surface area contributed by atoms with Crippen LogP contribution in [-0.4, -0.2) is 11.5 Å². The standard InChI is InChI=1S/C15H19N3S/c16-8-7-14-10-19-15(18-14)17-13-6-5-11-3-1-2-4-12(11)9-13/h5-6,9-10H,1-4,7-8,16H2,(H,17,18). The number of hydrogen-bond acceptors (Lipinski definition) is 4. The van der Waals surface area contributed by atoms with Crippen molar-refractivity contribution in [1.82, 2.24) is 4.98 Å². The van der Waals surface area contributed by atoms with Crippen LogP contribution in [0, 0.1) is 0 Å². The Morgan fingerprint density at radius 2 is 2.05 bits per heavy atom. The summed E-state index contributed by atoms with van der Waals surface area (Å²) < 4.78 is 0. The molecule has 1 heterocycles. The molecular formula is C15H19N3S. The van der Waals surface area contributed by atoms with Crippen molar-refractivity contribution in [1.29, 1.82) is 0 Å². The monoisotopic (exact) mass is 273 g/mol. The van der Waals surface area contributed by atoms with Crippen molar-refractivity contribution in [2.45, 2.75) is 32.1 Å². The van der Waals surface area contributed by atoms with Gasteiger partial charge >= 0.3 is 0 Å². The van der Waals surface area contributed by atoms with Gasteiger partial charge in [0.15, 0.2) is 5.13 Å². The molecule has 1 aromatic carbocycles. The van der Waals surface area contributed by atoms with Gasteiger partial charge in [0, 0.05) is 17.5 Å². The van der Waals surface area contributed by atoms with Crippen LogP contribution in [0.3, 0.4) is 0 Å². The van der Waals surface area contributed by atoms with Crippen LogP contribution in [0.2, 0.25) is 0 Å². The molecule has 0 atom stereocenters. The van der Waals surface area contributed by atoms with Crippen molar-refractivity contribution in [3.8, 4) is 0 Å². The van der Waals surface area contributed by atoms with Gasteiger partial charge in [-0.15, -0.1) is 11.3 Å². The lowest BCUT2D eigenvalue weighted by Gasteiger charge is -2.16. The number of aryl methyl sites for hydroxylation is 2. The van der Waals surface area contributed by atoms with Crippen LogP contribution in [0.4, 0.5) is 10.8 Å². The van der Waals surface area contributed by atoms with E-state index in [2.05, 4.69) is 33.9 Å². The van der Waals surface area contributed by atoms with Crippen molar-refractivity contribution in [3.63, 3.8) is 0 Å². The summed E-state index contributed by atoms with van der Waals surface area (Å²) in [6.07, 6.45) is 5.93. The maximum Gasteiger partial charge on any atom is 0.187 e. The summed E-state index contributed by atoms with van der Waals surface area (Å²) in [5.41, 5.74) is 10.8. The number of aromatic nitrogens is 1. The minimum absolute atomic E-state index is 0.655. The van der Waals surface area contributed by atoms with Crippen molar-refractivity contribution >= 4 is 22.2 Å². The van der Waals surface area contributed by atoms with Crippen LogP contribution in [-0.2, 0) is 19.3 Å². The molecule has 1 aliphatic rings. The zero-order valence-electron chi connectivity index (χ0n) is 11.0. The Morgan fingerprint density at radius 3 is 2.89 bits per heavy atom. The zero-order valence-corrected chi connectivity index (χ0v) is 11.8. The first-order chi connectivity index (χ1) is 9.35. The second-order valence-electron chi connectivity index (χ2n) is 5.00. The number of hydrogen-bond donors (Lipinski definition) is 2. The summed E-state index contributed by atoms with van der Waals surface area (Å²) in [7, 11) is 0. The van der Waals surface area contributed by atoms with E-state index in [1.165, 1.54) is 36.8 Å². The molecule has 0 spiro atoms. The molecule has 3 rings (SSSR count). The average molecular weight is 273 g/mol. The lowest BCUT2D eigenvalue weighted by Crippen LogP contribution is -2.04. The summed E-state index contributed by atoms with van der Waals surface area (Å²) in [5, 5.41) is 6.43. The minimum atomic E-state index is 0.655. The van der Waals surface area contributed by atoms with Gasteiger partial charge < -0.3 is 11.1 Å². The summed E-state index contributed by atoms with van der Waals surface area (Å²) in [4.78, 5) is 4.53. The maximum absolute atomic E-state index is 5.54. The summed E-state index contributed by atoms with van der Waals surface area (Å²) in [6.45, 7) is 0.655. The lowest BCUT2D eigenvalue weighted by molar-refractivity contribution is 0.686. The number of thiazole rings is 1. The fourth-order valence-corrected chi connectivity index (χ4v) is 3.33. The zero-order chi connectivity index (χ0) is 13.1. The van der Waals surface area contributed by atoms with Gasteiger partial charge in [0.2, 0.25) is 0 Å². The Labute approximate surface area is 117 Å². The third-order valence-corrected chi connectivity index (χ3v) is 4.36. The van der Waals surface area contributed by atoms with E-state index in [0.29, 0.717) is 6.54 Å². The van der Waals surface area contributed by atoms with Gasteiger partial charge in [-0.1, -0.05) is 6.07 Å². The van der Waals surface area contributed by atoms with E-state index in [1.807, 2.05) is 0 Å². The molecule has 4 heteroatoms. The van der Waals surface area contributed by atoms with Gasteiger partial charge in [-0.2, -0.15) is 0 Å². The number of nitrogens with one attached hydrogen (secondary N) is 1. The van der Waals surface area contributed by atoms with Crippen molar-refractivity contribution in [2.75, 3.05) is 11.9 Å². The number of fused-ring (bicyclic) bond motifs is 1. The van der Waals surface area contributed by atoms with Gasteiger partial charge in [-0.25, -0.2) is 4.98 Å². The summed E-state index contributed by atoms with van der Waals surface area (Å²) in [5.74, 6) is 0. The SMILES string of the molecule is NCCc1csc(Nc2ccc3c(c2)CCCC3)n1. The molecule has 19 heavy (non-hydrogen) atoms. The first-order valence-corrected chi connectivity index (χ1v) is 7.76. The predicted octanol–water partition coefficient (Wildman–Crippen LogP) is 3.27. The van der Waals surface area contributed by atoms with Gasteiger partial charge in [-0.05, 0) is 55.5 Å². The van der Waals surface area contributed by atoms with E-state index in [0.717, 1.165) is 22.9 Å². The molecule has 0 saturated carbocycles. The third kappa shape index (κ3) is 2.96. The second kappa shape index (κ2) is 5.72. The summed E-state index contributed by atoms with van der Waals surface area (Å²) in [6, 6.07) is 6.69. The Bertz CT molecular complexity index is 562. The molecule has 3 nitrogen and oxygen atoms in total. The fraction of sp³-hybridized carbons (Fsp3) is 0.400. The lowest BCUT2D eigenvalue weighted by atomic mass is 9.91. The molecule has 0 aliphatic heterocycles. The molecule has 2 aromatic rings. The smallest absolute Gasteiger partial charge is 0.187 e. The van der Waals surface area contributed by atoms with Crippen LogP contribution < -0.4 is 11.1 Å². The first kappa shape index (κ1) is 12.6. The average Bonchev–Trinajstić information content (AvgIpc) is 2.86. The highest BCUT2D eigenvalue weighted by molar-refractivity contribution is 7.13. The van der Waals surface area contributed by atoms with Crippen LogP contribution in [0.1, 0.15) is 29.7 Å². The van der Waals surface area contributed by atoms with Gasteiger partial charge in [0.1, 0.15) is 0 Å². The molecule has 0 bridgehead atoms. The van der Waals surface area contributed by atoms with Crippen LogP contribution in [0.25, 0.3) is 0 Å². The van der Waals surface area contributed by atoms with Crippen LogP contribution in [0.5, 0.6) is 0 Å². The molecule has 0 fully saturated rings. The Hall–Kier alpha value is -1.39. The van der Waals surface area contributed by atoms with Crippen molar-refractivity contribution in [2.24, 2.45) is 5.73 Å². The second-order valence-corrected chi connectivity index (χ2v) is 5.86. The summed E-state index contributed by atoms with van der Waals surface area (Å²) >= 11 is 1.64. The van der Waals surface area contributed by atoms with Gasteiger partial charge in [-0.3, -0.25) is 0 Å². The fourth-order valence-electron chi connectivity index (χ4n) is 2.56. The molecule has 0 unspecified atom stereocenters. The number of nitrogens with two attached hydrogens (primary N) is 1. The quantitative estimate of drug-likeness (QED) is 0.899. The number of nitrogens with zero attached hydrogens (tertiary/aromatic N) is 1. The molecule has 3 N–H and O–H groups in total. The van der Waals surface area contributed by atoms with E-state index < -0.39 is 0 Å². The number of rotatable bonds is 4. The van der Waals surface area contributed by atoms with Crippen molar-refractivity contribution in [3.05, 3.63) is 40.4 Å². The van der Waals surface area contributed by atoms with E-state index in [4.69, 9.17) is 5.73 Å². The third-order valence-electron chi connectivity index (χ3n) is 3.55. The van der Waals surface area contributed by atoms with Gasteiger partial charge in [0.05, 0.1) is 5.69 Å². The molecular weight excluding hydrogens is 254 g/mol.